The Labute approximate surface area is 110 Å². The molecule has 0 unspecified atom stereocenters. The van der Waals surface area contributed by atoms with Gasteiger partial charge in [-0.15, -0.1) is 0 Å². The van der Waals surface area contributed by atoms with E-state index in [1.807, 2.05) is 0 Å². The summed E-state index contributed by atoms with van der Waals surface area (Å²) >= 11 is 0. The van der Waals surface area contributed by atoms with E-state index in [2.05, 4.69) is 68.6 Å². The molecule has 0 amide bonds. The van der Waals surface area contributed by atoms with Gasteiger partial charge in [0.05, 0.1) is 0 Å². The maximum Gasteiger partial charge on any atom is 0.0403 e. The number of aryl methyl sites for hydroxylation is 3. The summed E-state index contributed by atoms with van der Waals surface area (Å²) in [5, 5.41) is 3.48. The first kappa shape index (κ1) is 12.7. The SMILES string of the molecule is CCc1ccc(NCc2cc(C)ccc2C)cc1. The van der Waals surface area contributed by atoms with Crippen molar-refractivity contribution in [2.24, 2.45) is 0 Å². The summed E-state index contributed by atoms with van der Waals surface area (Å²) < 4.78 is 0. The number of rotatable bonds is 4. The lowest BCUT2D eigenvalue weighted by molar-refractivity contribution is 1.10. The first-order valence-corrected chi connectivity index (χ1v) is 6.58. The summed E-state index contributed by atoms with van der Waals surface area (Å²) in [7, 11) is 0. The third-order valence-electron chi connectivity index (χ3n) is 3.35. The molecule has 0 aliphatic carbocycles. The topological polar surface area (TPSA) is 12.0 Å². The molecule has 94 valence electrons. The molecule has 0 fully saturated rings. The van der Waals surface area contributed by atoms with Crippen molar-refractivity contribution in [3.05, 3.63) is 64.7 Å². The molecule has 0 atom stereocenters. The Hall–Kier alpha value is -1.76. The number of anilines is 1. The number of hydrogen-bond acceptors (Lipinski definition) is 1. The minimum Gasteiger partial charge on any atom is -0.381 e. The summed E-state index contributed by atoms with van der Waals surface area (Å²) in [6.45, 7) is 7.37. The van der Waals surface area contributed by atoms with Gasteiger partial charge < -0.3 is 5.32 Å². The predicted molar refractivity (Wildman–Crippen MR) is 79.1 cm³/mol. The lowest BCUT2D eigenvalue weighted by Gasteiger charge is -2.10. The molecule has 0 bridgehead atoms. The lowest BCUT2D eigenvalue weighted by atomic mass is 10.1. The molecule has 0 aliphatic rings. The van der Waals surface area contributed by atoms with E-state index < -0.39 is 0 Å². The Kier molecular flexibility index (Phi) is 4.03. The standard InChI is InChI=1S/C17H21N/c1-4-15-7-9-17(10-8-15)18-12-16-11-13(2)5-6-14(16)3/h5-11,18H,4,12H2,1-3H3. The first-order chi connectivity index (χ1) is 8.69. The van der Waals surface area contributed by atoms with Crippen molar-refractivity contribution in [1.82, 2.24) is 0 Å². The number of nitrogens with one attached hydrogen (secondary N) is 1. The molecule has 0 radical (unpaired) electrons. The van der Waals surface area contributed by atoms with Gasteiger partial charge in [0.15, 0.2) is 0 Å². The van der Waals surface area contributed by atoms with E-state index in [0.29, 0.717) is 0 Å². The van der Waals surface area contributed by atoms with E-state index in [-0.39, 0.29) is 0 Å². The van der Waals surface area contributed by atoms with Crippen molar-refractivity contribution in [1.29, 1.82) is 0 Å². The monoisotopic (exact) mass is 239 g/mol. The highest BCUT2D eigenvalue weighted by molar-refractivity contribution is 5.46. The van der Waals surface area contributed by atoms with Crippen molar-refractivity contribution < 1.29 is 0 Å². The van der Waals surface area contributed by atoms with Crippen LogP contribution in [0.15, 0.2) is 42.5 Å². The molecular formula is C17H21N. The molecule has 0 saturated carbocycles. The molecule has 0 heterocycles. The Bertz CT molecular complexity index is 512. The van der Waals surface area contributed by atoms with Crippen molar-refractivity contribution in [2.45, 2.75) is 33.7 Å². The van der Waals surface area contributed by atoms with Gasteiger partial charge in [-0.05, 0) is 49.1 Å². The molecule has 2 aromatic carbocycles. The average Bonchev–Trinajstić information content (AvgIpc) is 2.40. The van der Waals surface area contributed by atoms with Crippen LogP contribution in [0.2, 0.25) is 0 Å². The molecule has 1 nitrogen and oxygen atoms in total. The maximum absolute atomic E-state index is 3.48. The van der Waals surface area contributed by atoms with Crippen LogP contribution in [-0.4, -0.2) is 0 Å². The van der Waals surface area contributed by atoms with Crippen LogP contribution in [-0.2, 0) is 13.0 Å². The lowest BCUT2D eigenvalue weighted by Crippen LogP contribution is -2.01. The molecule has 2 rings (SSSR count). The molecule has 2 aromatic rings. The zero-order chi connectivity index (χ0) is 13.0. The second-order valence-electron chi connectivity index (χ2n) is 4.83. The summed E-state index contributed by atoms with van der Waals surface area (Å²) in [6, 6.07) is 15.3. The molecule has 1 heteroatoms. The van der Waals surface area contributed by atoms with Gasteiger partial charge in [0.25, 0.3) is 0 Å². The van der Waals surface area contributed by atoms with E-state index in [9.17, 15) is 0 Å². The summed E-state index contributed by atoms with van der Waals surface area (Å²) in [6.07, 6.45) is 1.09. The minimum atomic E-state index is 0.888. The second-order valence-corrected chi connectivity index (χ2v) is 4.83. The van der Waals surface area contributed by atoms with E-state index >= 15 is 0 Å². The van der Waals surface area contributed by atoms with Crippen LogP contribution in [0.1, 0.15) is 29.2 Å². The summed E-state index contributed by atoms with van der Waals surface area (Å²) in [5.74, 6) is 0. The third kappa shape index (κ3) is 3.13. The van der Waals surface area contributed by atoms with Gasteiger partial charge in [-0.25, -0.2) is 0 Å². The normalized spacial score (nSPS) is 10.4. The van der Waals surface area contributed by atoms with Crippen molar-refractivity contribution >= 4 is 5.69 Å². The molecule has 0 aromatic heterocycles. The molecule has 0 spiro atoms. The van der Waals surface area contributed by atoms with Crippen LogP contribution in [0, 0.1) is 13.8 Å². The smallest absolute Gasteiger partial charge is 0.0403 e. The number of hydrogen-bond donors (Lipinski definition) is 1. The van der Waals surface area contributed by atoms with E-state index in [4.69, 9.17) is 0 Å². The van der Waals surface area contributed by atoms with Gasteiger partial charge >= 0.3 is 0 Å². The van der Waals surface area contributed by atoms with Crippen LogP contribution in [0.4, 0.5) is 5.69 Å². The van der Waals surface area contributed by atoms with E-state index in [1.54, 1.807) is 0 Å². The molecule has 0 saturated heterocycles. The van der Waals surface area contributed by atoms with Crippen molar-refractivity contribution in [2.75, 3.05) is 5.32 Å². The van der Waals surface area contributed by atoms with E-state index in [1.165, 1.54) is 27.9 Å². The fourth-order valence-electron chi connectivity index (χ4n) is 2.05. The number of benzene rings is 2. The van der Waals surface area contributed by atoms with Crippen LogP contribution >= 0.6 is 0 Å². The Balaban J connectivity index is 2.04. The predicted octanol–water partition coefficient (Wildman–Crippen LogP) is 4.48. The van der Waals surface area contributed by atoms with Crippen LogP contribution < -0.4 is 5.32 Å². The van der Waals surface area contributed by atoms with Crippen molar-refractivity contribution in [3.63, 3.8) is 0 Å². The minimum absolute atomic E-state index is 0.888. The Morgan fingerprint density at radius 2 is 1.67 bits per heavy atom. The van der Waals surface area contributed by atoms with Gasteiger partial charge in [-0.1, -0.05) is 42.8 Å². The van der Waals surface area contributed by atoms with Gasteiger partial charge in [0, 0.05) is 12.2 Å². The average molecular weight is 239 g/mol. The fraction of sp³-hybridized carbons (Fsp3) is 0.294. The van der Waals surface area contributed by atoms with Crippen LogP contribution in [0.5, 0.6) is 0 Å². The first-order valence-electron chi connectivity index (χ1n) is 6.58. The summed E-state index contributed by atoms with van der Waals surface area (Å²) in [5.41, 5.74) is 6.60. The Morgan fingerprint density at radius 1 is 0.944 bits per heavy atom. The quantitative estimate of drug-likeness (QED) is 0.829. The van der Waals surface area contributed by atoms with Gasteiger partial charge in [0.2, 0.25) is 0 Å². The zero-order valence-electron chi connectivity index (χ0n) is 11.5. The van der Waals surface area contributed by atoms with Crippen LogP contribution in [0.3, 0.4) is 0 Å². The van der Waals surface area contributed by atoms with Gasteiger partial charge in [0.1, 0.15) is 0 Å². The van der Waals surface area contributed by atoms with Crippen LogP contribution in [0.25, 0.3) is 0 Å². The highest BCUT2D eigenvalue weighted by Gasteiger charge is 1.99. The van der Waals surface area contributed by atoms with E-state index in [0.717, 1.165) is 13.0 Å². The highest BCUT2D eigenvalue weighted by Crippen LogP contribution is 2.15. The highest BCUT2D eigenvalue weighted by atomic mass is 14.9. The molecule has 1 N–H and O–H groups in total. The molecule has 0 aliphatic heterocycles. The third-order valence-corrected chi connectivity index (χ3v) is 3.35. The van der Waals surface area contributed by atoms with Gasteiger partial charge in [-0.2, -0.15) is 0 Å². The van der Waals surface area contributed by atoms with Gasteiger partial charge in [-0.3, -0.25) is 0 Å². The molecule has 18 heavy (non-hydrogen) atoms. The molecular weight excluding hydrogens is 218 g/mol. The van der Waals surface area contributed by atoms with Crippen molar-refractivity contribution in [3.8, 4) is 0 Å². The second kappa shape index (κ2) is 5.72. The fourth-order valence-corrected chi connectivity index (χ4v) is 2.05. The zero-order valence-corrected chi connectivity index (χ0v) is 11.5. The summed E-state index contributed by atoms with van der Waals surface area (Å²) in [4.78, 5) is 0. The largest absolute Gasteiger partial charge is 0.381 e. The Morgan fingerprint density at radius 3 is 2.33 bits per heavy atom. The maximum atomic E-state index is 3.48.